The van der Waals surface area contributed by atoms with E-state index in [1.165, 1.54) is 6.07 Å². The number of piperazine rings is 1. The summed E-state index contributed by atoms with van der Waals surface area (Å²) in [5.74, 6) is 0.530. The molecule has 1 fully saturated rings. The van der Waals surface area contributed by atoms with Crippen molar-refractivity contribution in [1.82, 2.24) is 15.5 Å². The third-order valence-electron chi connectivity index (χ3n) is 2.45. The third kappa shape index (κ3) is 3.73. The number of nitrogens with one attached hydrogen (secondary N) is 1. The van der Waals surface area contributed by atoms with E-state index in [0.717, 1.165) is 26.2 Å². The first-order chi connectivity index (χ1) is 8.54. The van der Waals surface area contributed by atoms with E-state index >= 15 is 0 Å². The highest BCUT2D eigenvalue weighted by Crippen LogP contribution is 2.18. The van der Waals surface area contributed by atoms with Crippen molar-refractivity contribution in [3.05, 3.63) is 12.1 Å². The predicted octanol–water partition coefficient (Wildman–Crippen LogP) is 0.827. The Labute approximate surface area is 102 Å². The van der Waals surface area contributed by atoms with E-state index in [-0.39, 0.29) is 5.88 Å². The molecular weight excluding hydrogens is 249 g/mol. The lowest BCUT2D eigenvalue weighted by molar-refractivity contribution is -0.154. The Morgan fingerprint density at radius 2 is 1.94 bits per heavy atom. The highest BCUT2D eigenvalue weighted by molar-refractivity contribution is 5.38. The molecule has 0 spiro atoms. The fraction of sp³-hybridized carbons (Fsp3) is 0.600. The van der Waals surface area contributed by atoms with Crippen LogP contribution in [0, 0.1) is 0 Å². The Balaban J connectivity index is 1.92. The van der Waals surface area contributed by atoms with Crippen molar-refractivity contribution < 1.29 is 17.9 Å². The normalized spacial score (nSPS) is 16.7. The van der Waals surface area contributed by atoms with E-state index < -0.39 is 12.8 Å². The van der Waals surface area contributed by atoms with Gasteiger partial charge in [-0.2, -0.15) is 13.2 Å². The third-order valence-corrected chi connectivity index (χ3v) is 2.45. The van der Waals surface area contributed by atoms with Gasteiger partial charge in [0.05, 0.1) is 0 Å². The van der Waals surface area contributed by atoms with E-state index in [4.69, 9.17) is 0 Å². The lowest BCUT2D eigenvalue weighted by atomic mass is 10.3. The van der Waals surface area contributed by atoms with Gasteiger partial charge in [0.15, 0.2) is 12.4 Å². The first-order valence-corrected chi connectivity index (χ1v) is 5.53. The van der Waals surface area contributed by atoms with E-state index in [9.17, 15) is 13.2 Å². The summed E-state index contributed by atoms with van der Waals surface area (Å²) in [6, 6.07) is 3.01. The molecule has 0 unspecified atom stereocenters. The molecule has 1 aromatic rings. The Bertz CT molecular complexity index is 376. The highest BCUT2D eigenvalue weighted by Gasteiger charge is 2.28. The van der Waals surface area contributed by atoms with E-state index in [0.29, 0.717) is 5.82 Å². The molecule has 0 atom stereocenters. The number of ether oxygens (including phenoxy) is 1. The lowest BCUT2D eigenvalue weighted by Gasteiger charge is -2.27. The highest BCUT2D eigenvalue weighted by atomic mass is 19.4. The van der Waals surface area contributed by atoms with Gasteiger partial charge in [0, 0.05) is 32.2 Å². The van der Waals surface area contributed by atoms with Crippen LogP contribution in [0.5, 0.6) is 5.88 Å². The first kappa shape index (κ1) is 12.9. The molecule has 5 nitrogen and oxygen atoms in total. The average molecular weight is 262 g/mol. The summed E-state index contributed by atoms with van der Waals surface area (Å²) < 4.78 is 40.3. The lowest BCUT2D eigenvalue weighted by Crippen LogP contribution is -2.43. The van der Waals surface area contributed by atoms with Gasteiger partial charge >= 0.3 is 6.18 Å². The fourth-order valence-electron chi connectivity index (χ4n) is 1.61. The number of alkyl halides is 3. The molecule has 1 aliphatic rings. The van der Waals surface area contributed by atoms with Crippen LogP contribution in [0.25, 0.3) is 0 Å². The second-order valence-electron chi connectivity index (χ2n) is 3.87. The van der Waals surface area contributed by atoms with Crippen LogP contribution in [0.4, 0.5) is 19.0 Å². The standard InChI is InChI=1S/C10H13F3N4O/c11-10(12,13)7-18-9-2-1-8(15-16-9)17-5-3-14-4-6-17/h1-2,14H,3-7H2. The van der Waals surface area contributed by atoms with Crippen molar-refractivity contribution in [2.75, 3.05) is 37.7 Å². The van der Waals surface area contributed by atoms with E-state index in [1.54, 1.807) is 6.07 Å². The van der Waals surface area contributed by atoms with Gasteiger partial charge in [-0.25, -0.2) is 0 Å². The van der Waals surface area contributed by atoms with E-state index in [2.05, 4.69) is 20.3 Å². The molecule has 1 aromatic heterocycles. The summed E-state index contributed by atoms with van der Waals surface area (Å²) in [5.41, 5.74) is 0. The zero-order valence-electron chi connectivity index (χ0n) is 9.57. The maximum Gasteiger partial charge on any atom is 0.422 e. The van der Waals surface area contributed by atoms with Crippen molar-refractivity contribution in [1.29, 1.82) is 0 Å². The number of nitrogens with zero attached hydrogens (tertiary/aromatic N) is 3. The molecule has 0 saturated carbocycles. The quantitative estimate of drug-likeness (QED) is 0.874. The Morgan fingerprint density at radius 1 is 1.22 bits per heavy atom. The van der Waals surface area contributed by atoms with Crippen LogP contribution in [-0.2, 0) is 0 Å². The Hall–Kier alpha value is -1.57. The van der Waals surface area contributed by atoms with Gasteiger partial charge in [-0.3, -0.25) is 0 Å². The Morgan fingerprint density at radius 3 is 2.50 bits per heavy atom. The number of rotatable bonds is 3. The van der Waals surface area contributed by atoms with Gasteiger partial charge in [-0.1, -0.05) is 0 Å². The summed E-state index contributed by atoms with van der Waals surface area (Å²) in [6.07, 6.45) is -4.36. The minimum atomic E-state index is -4.36. The number of halogens is 3. The van der Waals surface area contributed by atoms with Gasteiger partial charge in [-0.15, -0.1) is 10.2 Å². The van der Waals surface area contributed by atoms with Crippen molar-refractivity contribution in [3.63, 3.8) is 0 Å². The number of hydrogen-bond donors (Lipinski definition) is 1. The molecule has 1 N–H and O–H groups in total. The van der Waals surface area contributed by atoms with Crippen LogP contribution in [0.15, 0.2) is 12.1 Å². The molecule has 0 bridgehead atoms. The topological polar surface area (TPSA) is 50.3 Å². The number of hydrogen-bond acceptors (Lipinski definition) is 5. The fourth-order valence-corrected chi connectivity index (χ4v) is 1.61. The van der Waals surface area contributed by atoms with Crippen molar-refractivity contribution >= 4 is 5.82 Å². The zero-order chi connectivity index (χ0) is 13.0. The van der Waals surface area contributed by atoms with Crippen LogP contribution >= 0.6 is 0 Å². The largest absolute Gasteiger partial charge is 0.467 e. The van der Waals surface area contributed by atoms with Gasteiger partial charge in [0.2, 0.25) is 5.88 Å². The minimum absolute atomic E-state index is 0.119. The number of aromatic nitrogens is 2. The molecule has 0 radical (unpaired) electrons. The van der Waals surface area contributed by atoms with Crippen molar-refractivity contribution in [3.8, 4) is 5.88 Å². The first-order valence-electron chi connectivity index (χ1n) is 5.53. The number of anilines is 1. The smallest absolute Gasteiger partial charge is 0.422 e. The Kier molecular flexibility index (Phi) is 3.85. The van der Waals surface area contributed by atoms with Gasteiger partial charge in [-0.05, 0) is 6.07 Å². The van der Waals surface area contributed by atoms with Crippen molar-refractivity contribution in [2.45, 2.75) is 6.18 Å². The zero-order valence-corrected chi connectivity index (χ0v) is 9.57. The molecule has 100 valence electrons. The molecule has 18 heavy (non-hydrogen) atoms. The maximum atomic E-state index is 11.9. The van der Waals surface area contributed by atoms with E-state index in [1.807, 2.05) is 4.90 Å². The SMILES string of the molecule is FC(F)(F)COc1ccc(N2CCNCC2)nn1. The molecule has 0 amide bonds. The summed E-state index contributed by atoms with van der Waals surface area (Å²) in [5, 5.41) is 10.7. The molecule has 0 aromatic carbocycles. The van der Waals surface area contributed by atoms with Crippen LogP contribution in [0.2, 0.25) is 0 Å². The summed E-state index contributed by atoms with van der Waals surface area (Å²) in [6.45, 7) is 1.96. The molecular formula is C10H13F3N4O. The molecule has 0 aliphatic carbocycles. The molecule has 8 heteroatoms. The second-order valence-corrected chi connectivity index (χ2v) is 3.87. The second kappa shape index (κ2) is 5.38. The molecule has 2 heterocycles. The minimum Gasteiger partial charge on any atom is -0.467 e. The van der Waals surface area contributed by atoms with Gasteiger partial charge < -0.3 is 15.0 Å². The summed E-state index contributed by atoms with van der Waals surface area (Å²) in [7, 11) is 0. The van der Waals surface area contributed by atoms with Crippen LogP contribution in [-0.4, -0.2) is 49.2 Å². The van der Waals surface area contributed by atoms with Crippen LogP contribution in [0.3, 0.4) is 0 Å². The summed E-state index contributed by atoms with van der Waals surface area (Å²) in [4.78, 5) is 2.01. The molecule has 1 saturated heterocycles. The van der Waals surface area contributed by atoms with Gasteiger partial charge in [0.1, 0.15) is 0 Å². The molecule has 1 aliphatic heterocycles. The van der Waals surface area contributed by atoms with Crippen LogP contribution in [0.1, 0.15) is 0 Å². The average Bonchev–Trinajstić information content (AvgIpc) is 2.37. The maximum absolute atomic E-state index is 11.9. The predicted molar refractivity (Wildman–Crippen MR) is 58.7 cm³/mol. The summed E-state index contributed by atoms with van der Waals surface area (Å²) >= 11 is 0. The molecule has 2 rings (SSSR count). The monoisotopic (exact) mass is 262 g/mol. The van der Waals surface area contributed by atoms with Gasteiger partial charge in [0.25, 0.3) is 0 Å². The van der Waals surface area contributed by atoms with Crippen molar-refractivity contribution in [2.24, 2.45) is 0 Å². The van der Waals surface area contributed by atoms with Crippen LogP contribution < -0.4 is 15.0 Å².